The molecule has 1 aromatic heterocycles. The van der Waals surface area contributed by atoms with E-state index in [2.05, 4.69) is 10.3 Å². The van der Waals surface area contributed by atoms with Crippen LogP contribution in [0.4, 0.5) is 5.69 Å². The van der Waals surface area contributed by atoms with Gasteiger partial charge in [0.1, 0.15) is 5.75 Å². The minimum atomic E-state index is -1.11. The van der Waals surface area contributed by atoms with Crippen molar-refractivity contribution in [2.75, 3.05) is 12.0 Å². The van der Waals surface area contributed by atoms with Crippen LogP contribution in [0.5, 0.6) is 5.75 Å². The third-order valence-corrected chi connectivity index (χ3v) is 6.95. The van der Waals surface area contributed by atoms with E-state index in [0.29, 0.717) is 24.3 Å². The Morgan fingerprint density at radius 1 is 1.09 bits per heavy atom. The standard InChI is InChI=1S/C26H29N3O3/c1-32-21-13-11-20(12-14-21)29-24(30)15-16-26(29,25(31)27-19-8-3-2-4-9-19)23-17-18-7-5-6-10-22(18)28-23/h5-7,10-14,17,19,28H,2-4,8-9,15-16H2,1H3,(H,27,31). The Balaban J connectivity index is 1.62. The highest BCUT2D eigenvalue weighted by molar-refractivity contribution is 6.07. The fourth-order valence-corrected chi connectivity index (χ4v) is 5.26. The maximum absolute atomic E-state index is 14.0. The van der Waals surface area contributed by atoms with Gasteiger partial charge >= 0.3 is 0 Å². The van der Waals surface area contributed by atoms with Gasteiger partial charge in [-0.3, -0.25) is 14.5 Å². The van der Waals surface area contributed by atoms with E-state index in [1.807, 2.05) is 54.6 Å². The summed E-state index contributed by atoms with van der Waals surface area (Å²) < 4.78 is 5.29. The second-order valence-corrected chi connectivity index (χ2v) is 8.87. The number of H-pyrrole nitrogens is 1. The Hall–Kier alpha value is -3.28. The lowest BCUT2D eigenvalue weighted by Gasteiger charge is -2.38. The Labute approximate surface area is 187 Å². The van der Waals surface area contributed by atoms with Gasteiger partial charge in [-0.25, -0.2) is 0 Å². The molecule has 2 fully saturated rings. The number of methoxy groups -OCH3 is 1. The summed E-state index contributed by atoms with van der Waals surface area (Å²) in [6.07, 6.45) is 6.21. The Kier molecular flexibility index (Phi) is 5.37. The van der Waals surface area contributed by atoms with Crippen molar-refractivity contribution in [3.05, 3.63) is 60.3 Å². The molecule has 3 aromatic rings. The van der Waals surface area contributed by atoms with Crippen molar-refractivity contribution in [2.24, 2.45) is 0 Å². The summed E-state index contributed by atoms with van der Waals surface area (Å²) in [5.74, 6) is 0.563. The quantitative estimate of drug-likeness (QED) is 0.618. The van der Waals surface area contributed by atoms with Gasteiger partial charge in [0.05, 0.1) is 12.8 Å². The van der Waals surface area contributed by atoms with Gasteiger partial charge < -0.3 is 15.0 Å². The largest absolute Gasteiger partial charge is 0.497 e. The van der Waals surface area contributed by atoms with Gasteiger partial charge in [0.2, 0.25) is 5.91 Å². The number of carbonyl (C=O) groups excluding carboxylic acids is 2. The molecule has 0 radical (unpaired) electrons. The lowest BCUT2D eigenvalue weighted by atomic mass is 9.88. The molecule has 0 spiro atoms. The molecule has 6 nitrogen and oxygen atoms in total. The average molecular weight is 432 g/mol. The topological polar surface area (TPSA) is 74.4 Å². The fraction of sp³-hybridized carbons (Fsp3) is 0.385. The van der Waals surface area contributed by atoms with E-state index in [-0.39, 0.29) is 17.9 Å². The Morgan fingerprint density at radius 3 is 2.56 bits per heavy atom. The number of hydrogen-bond acceptors (Lipinski definition) is 3. The molecular formula is C26H29N3O3. The molecule has 1 aliphatic heterocycles. The predicted octanol–water partition coefficient (Wildman–Crippen LogP) is 4.65. The van der Waals surface area contributed by atoms with Crippen molar-refractivity contribution < 1.29 is 14.3 Å². The van der Waals surface area contributed by atoms with Crippen LogP contribution >= 0.6 is 0 Å². The van der Waals surface area contributed by atoms with E-state index in [4.69, 9.17) is 4.74 Å². The number of anilines is 1. The zero-order valence-corrected chi connectivity index (χ0v) is 18.4. The number of nitrogens with zero attached hydrogens (tertiary/aromatic N) is 1. The van der Waals surface area contributed by atoms with Gasteiger partial charge in [-0.1, -0.05) is 37.5 Å². The van der Waals surface area contributed by atoms with Crippen LogP contribution in [0.2, 0.25) is 0 Å². The summed E-state index contributed by atoms with van der Waals surface area (Å²) >= 11 is 0. The first-order valence-corrected chi connectivity index (χ1v) is 11.5. The highest BCUT2D eigenvalue weighted by Gasteiger charge is 2.54. The molecule has 2 amide bonds. The maximum Gasteiger partial charge on any atom is 0.252 e. The molecule has 32 heavy (non-hydrogen) atoms. The lowest BCUT2D eigenvalue weighted by molar-refractivity contribution is -0.129. The van der Waals surface area contributed by atoms with Crippen LogP contribution in [0.15, 0.2) is 54.6 Å². The first kappa shape index (κ1) is 20.6. The van der Waals surface area contributed by atoms with Crippen molar-refractivity contribution in [3.8, 4) is 5.75 Å². The molecule has 1 atom stereocenters. The van der Waals surface area contributed by atoms with Crippen LogP contribution in [0.1, 0.15) is 50.6 Å². The molecule has 6 heteroatoms. The van der Waals surface area contributed by atoms with Gasteiger partial charge in [0, 0.05) is 23.7 Å². The van der Waals surface area contributed by atoms with Crippen LogP contribution in [-0.4, -0.2) is 29.9 Å². The summed E-state index contributed by atoms with van der Waals surface area (Å²) in [5, 5.41) is 4.34. The number of benzene rings is 2. The first-order valence-electron chi connectivity index (χ1n) is 11.5. The van der Waals surface area contributed by atoms with Crippen molar-refractivity contribution in [1.82, 2.24) is 10.3 Å². The summed E-state index contributed by atoms with van der Waals surface area (Å²) in [4.78, 5) is 32.4. The lowest BCUT2D eigenvalue weighted by Crippen LogP contribution is -2.56. The van der Waals surface area contributed by atoms with Gasteiger partial charge in [-0.15, -0.1) is 0 Å². The number of aromatic nitrogens is 1. The number of para-hydroxylation sites is 1. The van der Waals surface area contributed by atoms with E-state index in [1.54, 1.807) is 12.0 Å². The van der Waals surface area contributed by atoms with Gasteiger partial charge in [-0.05, 0) is 61.0 Å². The fourth-order valence-electron chi connectivity index (χ4n) is 5.26. The average Bonchev–Trinajstić information content (AvgIpc) is 3.42. The van der Waals surface area contributed by atoms with Crippen molar-refractivity contribution in [1.29, 1.82) is 0 Å². The molecule has 2 heterocycles. The highest BCUT2D eigenvalue weighted by Crippen LogP contribution is 2.44. The second-order valence-electron chi connectivity index (χ2n) is 8.87. The zero-order valence-electron chi connectivity index (χ0n) is 18.4. The van der Waals surface area contributed by atoms with Crippen LogP contribution in [0.25, 0.3) is 10.9 Å². The number of fused-ring (bicyclic) bond motifs is 1. The Morgan fingerprint density at radius 2 is 1.84 bits per heavy atom. The summed E-state index contributed by atoms with van der Waals surface area (Å²) in [6.45, 7) is 0. The summed E-state index contributed by atoms with van der Waals surface area (Å²) in [7, 11) is 1.61. The molecule has 1 saturated heterocycles. The number of nitrogens with one attached hydrogen (secondary N) is 2. The molecule has 1 unspecified atom stereocenters. The molecule has 0 bridgehead atoms. The second kappa shape index (κ2) is 8.34. The number of rotatable bonds is 5. The minimum Gasteiger partial charge on any atom is -0.497 e. The number of amides is 2. The number of carbonyl (C=O) groups is 2. The molecular weight excluding hydrogens is 402 g/mol. The smallest absolute Gasteiger partial charge is 0.252 e. The third-order valence-electron chi connectivity index (χ3n) is 6.95. The molecule has 5 rings (SSSR count). The normalized spacial score (nSPS) is 21.8. The predicted molar refractivity (Wildman–Crippen MR) is 125 cm³/mol. The number of aromatic amines is 1. The minimum absolute atomic E-state index is 0.0485. The first-order chi connectivity index (χ1) is 15.6. The maximum atomic E-state index is 14.0. The monoisotopic (exact) mass is 431 g/mol. The van der Waals surface area contributed by atoms with Gasteiger partial charge in [0.15, 0.2) is 5.54 Å². The van der Waals surface area contributed by atoms with Crippen LogP contribution in [-0.2, 0) is 15.1 Å². The number of ether oxygens (including phenoxy) is 1. The SMILES string of the molecule is COc1ccc(N2C(=O)CCC2(C(=O)NC2CCCCC2)c2cc3ccccc3[nH]2)cc1. The summed E-state index contributed by atoms with van der Waals surface area (Å²) in [5.41, 5.74) is 1.31. The van der Waals surface area contributed by atoms with Crippen LogP contribution in [0, 0.1) is 0 Å². The van der Waals surface area contributed by atoms with E-state index in [1.165, 1.54) is 6.42 Å². The van der Waals surface area contributed by atoms with Crippen LogP contribution in [0.3, 0.4) is 0 Å². The van der Waals surface area contributed by atoms with Crippen molar-refractivity contribution in [2.45, 2.75) is 56.5 Å². The molecule has 166 valence electrons. The zero-order chi connectivity index (χ0) is 22.1. The van der Waals surface area contributed by atoms with E-state index in [0.717, 1.165) is 42.3 Å². The van der Waals surface area contributed by atoms with E-state index >= 15 is 0 Å². The van der Waals surface area contributed by atoms with E-state index in [9.17, 15) is 9.59 Å². The molecule has 2 aromatic carbocycles. The Bertz CT molecular complexity index is 1100. The molecule has 1 saturated carbocycles. The summed E-state index contributed by atoms with van der Waals surface area (Å²) in [6, 6.07) is 17.5. The molecule has 2 N–H and O–H groups in total. The molecule has 2 aliphatic rings. The van der Waals surface area contributed by atoms with E-state index < -0.39 is 5.54 Å². The van der Waals surface area contributed by atoms with Crippen molar-refractivity contribution in [3.63, 3.8) is 0 Å². The highest BCUT2D eigenvalue weighted by atomic mass is 16.5. The number of hydrogen-bond donors (Lipinski definition) is 2. The third kappa shape index (κ3) is 3.44. The van der Waals surface area contributed by atoms with Gasteiger partial charge in [-0.2, -0.15) is 0 Å². The van der Waals surface area contributed by atoms with Crippen molar-refractivity contribution >= 4 is 28.4 Å². The molecule has 1 aliphatic carbocycles. The van der Waals surface area contributed by atoms with Gasteiger partial charge in [0.25, 0.3) is 5.91 Å². The van der Waals surface area contributed by atoms with Crippen LogP contribution < -0.4 is 15.0 Å².